The van der Waals surface area contributed by atoms with Crippen LogP contribution in [0.4, 0.5) is 0 Å². The predicted octanol–water partition coefficient (Wildman–Crippen LogP) is 1.42. The van der Waals surface area contributed by atoms with Gasteiger partial charge in [0.1, 0.15) is 11.3 Å². The Bertz CT molecular complexity index is 1320. The lowest BCUT2D eigenvalue weighted by Crippen LogP contribution is -2.45. The molecule has 10 heteroatoms. The van der Waals surface area contributed by atoms with E-state index < -0.39 is 28.5 Å². The fraction of sp³-hybridized carbons (Fsp3) is 0.333. The van der Waals surface area contributed by atoms with Gasteiger partial charge in [-0.1, -0.05) is 12.1 Å². The monoisotopic (exact) mass is 468 g/mol. The van der Waals surface area contributed by atoms with Gasteiger partial charge in [0, 0.05) is 37.8 Å². The molecule has 178 valence electrons. The average Bonchev–Trinajstić information content (AvgIpc) is 2.86. The molecule has 1 aliphatic rings. The molecule has 0 aliphatic carbocycles. The molecule has 0 unspecified atom stereocenters. The average molecular weight is 468 g/mol. The second-order valence-electron chi connectivity index (χ2n) is 8.06. The van der Waals surface area contributed by atoms with Crippen LogP contribution in [0.15, 0.2) is 55.0 Å². The fourth-order valence-corrected chi connectivity index (χ4v) is 4.04. The van der Waals surface area contributed by atoms with Crippen molar-refractivity contribution >= 4 is 23.3 Å². The molecular weight excluding hydrogens is 444 g/mol. The SMILES string of the molecule is COC(=O)C[C@H](c1oc(CN2CCN(C=O)CC2)cc(=O)c1O)c1coc2ccccc2c1=O. The van der Waals surface area contributed by atoms with E-state index in [1.54, 1.807) is 29.2 Å². The molecule has 1 aromatic carbocycles. The van der Waals surface area contributed by atoms with Crippen molar-refractivity contribution in [1.29, 1.82) is 0 Å². The van der Waals surface area contributed by atoms with Gasteiger partial charge >= 0.3 is 5.97 Å². The standard InChI is InChI=1S/C24H24N2O8/c1-32-21(29)11-17(18-13-33-20-5-3-2-4-16(20)22(18)30)24-23(31)19(28)10-15(34-24)12-25-6-8-26(14-27)9-7-25/h2-5,10,13-14,17,31H,6-9,11-12H2,1H3/t17-/m0/s1. The number of carbonyl (C=O) groups excluding carboxylic acids is 2. The summed E-state index contributed by atoms with van der Waals surface area (Å²) in [5.74, 6) is -2.39. The summed E-state index contributed by atoms with van der Waals surface area (Å²) in [7, 11) is 1.20. The molecular formula is C24H24N2O8. The van der Waals surface area contributed by atoms with E-state index in [-0.39, 0.29) is 30.0 Å². The number of esters is 1. The normalized spacial score (nSPS) is 15.3. The Balaban J connectivity index is 1.75. The number of aromatic hydroxyl groups is 1. The maximum Gasteiger partial charge on any atom is 0.306 e. The first kappa shape index (κ1) is 23.2. The van der Waals surface area contributed by atoms with Crippen LogP contribution in [0.3, 0.4) is 0 Å². The van der Waals surface area contributed by atoms with Crippen molar-refractivity contribution in [3.05, 3.63) is 74.1 Å². The summed E-state index contributed by atoms with van der Waals surface area (Å²) in [5, 5.41) is 10.9. The molecule has 1 aliphatic heterocycles. The van der Waals surface area contributed by atoms with Gasteiger partial charge in [0.05, 0.1) is 37.6 Å². The fourth-order valence-electron chi connectivity index (χ4n) is 4.04. The zero-order valence-electron chi connectivity index (χ0n) is 18.6. The topological polar surface area (TPSA) is 130 Å². The molecule has 1 N–H and O–H groups in total. The van der Waals surface area contributed by atoms with Crippen LogP contribution in [0.25, 0.3) is 11.0 Å². The quantitative estimate of drug-likeness (QED) is 0.404. The molecule has 34 heavy (non-hydrogen) atoms. The highest BCUT2D eigenvalue weighted by Crippen LogP contribution is 2.33. The first-order valence-corrected chi connectivity index (χ1v) is 10.8. The van der Waals surface area contributed by atoms with Gasteiger partial charge in [0.15, 0.2) is 11.2 Å². The van der Waals surface area contributed by atoms with E-state index in [2.05, 4.69) is 0 Å². The van der Waals surface area contributed by atoms with Crippen molar-refractivity contribution in [2.24, 2.45) is 0 Å². The number of benzene rings is 1. The summed E-state index contributed by atoms with van der Waals surface area (Å²) in [6.45, 7) is 2.51. The second kappa shape index (κ2) is 9.92. The molecule has 1 atom stereocenters. The summed E-state index contributed by atoms with van der Waals surface area (Å²) < 4.78 is 16.3. The number of methoxy groups -OCH3 is 1. The number of amides is 1. The summed E-state index contributed by atoms with van der Waals surface area (Å²) >= 11 is 0. The van der Waals surface area contributed by atoms with Crippen molar-refractivity contribution in [1.82, 2.24) is 9.80 Å². The maximum absolute atomic E-state index is 13.2. The molecule has 0 saturated carbocycles. The minimum atomic E-state index is -1.10. The zero-order valence-corrected chi connectivity index (χ0v) is 18.6. The van der Waals surface area contributed by atoms with Crippen LogP contribution in [0.1, 0.15) is 29.4 Å². The Labute approximate surface area is 193 Å². The van der Waals surface area contributed by atoms with Gasteiger partial charge in [-0.15, -0.1) is 0 Å². The van der Waals surface area contributed by atoms with Crippen LogP contribution in [-0.4, -0.2) is 60.6 Å². The van der Waals surface area contributed by atoms with E-state index >= 15 is 0 Å². The van der Waals surface area contributed by atoms with Crippen molar-refractivity contribution in [3.63, 3.8) is 0 Å². The number of hydrogen-bond acceptors (Lipinski definition) is 9. The van der Waals surface area contributed by atoms with Crippen LogP contribution in [0, 0.1) is 0 Å². The summed E-state index contributed by atoms with van der Waals surface area (Å²) in [6, 6.07) is 7.81. The Kier molecular flexibility index (Phi) is 6.78. The molecule has 0 bridgehead atoms. The predicted molar refractivity (Wildman–Crippen MR) is 121 cm³/mol. The van der Waals surface area contributed by atoms with Gasteiger partial charge in [0.2, 0.25) is 17.6 Å². The minimum absolute atomic E-state index is 0.0549. The minimum Gasteiger partial charge on any atom is -0.502 e. The molecule has 0 spiro atoms. The molecule has 10 nitrogen and oxygen atoms in total. The van der Waals surface area contributed by atoms with Gasteiger partial charge in [0.25, 0.3) is 0 Å². The number of nitrogens with zero attached hydrogens (tertiary/aromatic N) is 2. The highest BCUT2D eigenvalue weighted by Gasteiger charge is 2.30. The van der Waals surface area contributed by atoms with E-state index in [4.69, 9.17) is 13.6 Å². The Morgan fingerprint density at radius 1 is 1.21 bits per heavy atom. The number of hydrogen-bond donors (Lipinski definition) is 1. The van der Waals surface area contributed by atoms with E-state index in [1.807, 2.05) is 4.90 Å². The molecule has 1 amide bonds. The second-order valence-corrected chi connectivity index (χ2v) is 8.06. The Hall–Kier alpha value is -3.92. The van der Waals surface area contributed by atoms with Crippen LogP contribution in [0.5, 0.6) is 5.75 Å². The Morgan fingerprint density at radius 2 is 1.94 bits per heavy atom. The third kappa shape index (κ3) is 4.72. The van der Waals surface area contributed by atoms with Gasteiger partial charge in [-0.25, -0.2) is 0 Å². The molecule has 1 fully saturated rings. The number of ether oxygens (including phenoxy) is 1. The lowest BCUT2D eigenvalue weighted by Gasteiger charge is -2.32. The number of para-hydroxylation sites is 1. The third-order valence-corrected chi connectivity index (χ3v) is 5.93. The van der Waals surface area contributed by atoms with E-state index in [1.165, 1.54) is 19.4 Å². The van der Waals surface area contributed by atoms with Gasteiger partial charge in [-0.05, 0) is 12.1 Å². The highest BCUT2D eigenvalue weighted by atomic mass is 16.5. The zero-order chi connectivity index (χ0) is 24.2. The number of piperazine rings is 1. The van der Waals surface area contributed by atoms with E-state index in [0.29, 0.717) is 37.1 Å². The molecule has 2 aromatic heterocycles. The van der Waals surface area contributed by atoms with Crippen molar-refractivity contribution in [2.75, 3.05) is 33.3 Å². The lowest BCUT2D eigenvalue weighted by atomic mass is 9.92. The largest absolute Gasteiger partial charge is 0.502 e. The molecule has 1 saturated heterocycles. The van der Waals surface area contributed by atoms with E-state index in [9.17, 15) is 24.3 Å². The molecule has 3 heterocycles. The number of carbonyl (C=O) groups is 2. The summed E-state index contributed by atoms with van der Waals surface area (Å²) in [4.78, 5) is 52.6. The number of fused-ring (bicyclic) bond motifs is 1. The van der Waals surface area contributed by atoms with Crippen LogP contribution in [0.2, 0.25) is 0 Å². The van der Waals surface area contributed by atoms with Crippen LogP contribution >= 0.6 is 0 Å². The summed E-state index contributed by atoms with van der Waals surface area (Å²) in [5.41, 5.74) is -0.683. The van der Waals surface area contributed by atoms with Gasteiger partial charge < -0.3 is 23.6 Å². The molecule has 4 rings (SSSR count). The van der Waals surface area contributed by atoms with Gasteiger partial charge in [-0.3, -0.25) is 24.1 Å². The number of rotatable bonds is 7. The van der Waals surface area contributed by atoms with Crippen molar-refractivity contribution < 1.29 is 28.3 Å². The summed E-state index contributed by atoms with van der Waals surface area (Å²) in [6.07, 6.45) is 1.66. The lowest BCUT2D eigenvalue weighted by molar-refractivity contribution is -0.141. The molecule has 0 radical (unpaired) electrons. The van der Waals surface area contributed by atoms with Crippen molar-refractivity contribution in [3.8, 4) is 5.75 Å². The Morgan fingerprint density at radius 3 is 2.65 bits per heavy atom. The van der Waals surface area contributed by atoms with Crippen LogP contribution < -0.4 is 10.9 Å². The van der Waals surface area contributed by atoms with Crippen molar-refractivity contribution in [2.45, 2.75) is 18.9 Å². The first-order chi connectivity index (χ1) is 16.4. The van der Waals surface area contributed by atoms with Gasteiger partial charge in [-0.2, -0.15) is 0 Å². The first-order valence-electron chi connectivity index (χ1n) is 10.8. The van der Waals surface area contributed by atoms with Crippen LogP contribution in [-0.2, 0) is 20.9 Å². The highest BCUT2D eigenvalue weighted by molar-refractivity contribution is 5.77. The smallest absolute Gasteiger partial charge is 0.306 e. The third-order valence-electron chi connectivity index (χ3n) is 5.93. The molecule has 3 aromatic rings. The maximum atomic E-state index is 13.2. The van der Waals surface area contributed by atoms with E-state index in [0.717, 1.165) is 6.41 Å².